The van der Waals surface area contributed by atoms with Crippen molar-refractivity contribution in [3.63, 3.8) is 0 Å². The fraction of sp³-hybridized carbons (Fsp3) is 0.188. The van der Waals surface area contributed by atoms with Crippen LogP contribution < -0.4 is 15.0 Å². The number of benzene rings is 2. The van der Waals surface area contributed by atoms with Crippen LogP contribution in [0.1, 0.15) is 5.56 Å². The fourth-order valence-electron chi connectivity index (χ4n) is 2.51. The molecule has 0 N–H and O–H groups in total. The highest BCUT2D eigenvalue weighted by Crippen LogP contribution is 2.32. The predicted molar refractivity (Wildman–Crippen MR) is 80.3 cm³/mol. The van der Waals surface area contributed by atoms with E-state index >= 15 is 0 Å². The molecule has 0 amide bonds. The van der Waals surface area contributed by atoms with Crippen molar-refractivity contribution in [2.24, 2.45) is 0 Å². The van der Waals surface area contributed by atoms with Crippen molar-refractivity contribution >= 4 is 10.9 Å². The molecule has 0 saturated carbocycles. The summed E-state index contributed by atoms with van der Waals surface area (Å²) >= 11 is 0. The van der Waals surface area contributed by atoms with Gasteiger partial charge in [-0.3, -0.25) is 4.79 Å². The Kier molecular flexibility index (Phi) is 3.18. The maximum atomic E-state index is 13.7. The van der Waals surface area contributed by atoms with Gasteiger partial charge in [-0.05, 0) is 12.1 Å². The van der Waals surface area contributed by atoms with E-state index < -0.39 is 0 Å². The van der Waals surface area contributed by atoms with E-state index in [1.165, 1.54) is 6.07 Å². The van der Waals surface area contributed by atoms with E-state index in [2.05, 4.69) is 10.3 Å². The summed E-state index contributed by atoms with van der Waals surface area (Å²) in [7, 11) is 0. The molecule has 2 heterocycles. The zero-order valence-corrected chi connectivity index (χ0v) is 12.0. The van der Waals surface area contributed by atoms with Gasteiger partial charge < -0.3 is 9.47 Å². The standard InChI is InChI=1S/C16H12FN3O3/c17-12-4-2-1-3-10(12)9-20-16(21)11-7-14-15(23-6-5-22-14)8-13(11)18-19-20/h1-4,7-8H,5-6,9H2. The van der Waals surface area contributed by atoms with Crippen molar-refractivity contribution in [3.8, 4) is 11.5 Å². The van der Waals surface area contributed by atoms with E-state index in [4.69, 9.17) is 9.47 Å². The molecule has 0 bridgehead atoms. The van der Waals surface area contributed by atoms with Crippen LogP contribution in [-0.4, -0.2) is 28.2 Å². The third-order valence-corrected chi connectivity index (χ3v) is 3.66. The molecule has 0 spiro atoms. The summed E-state index contributed by atoms with van der Waals surface area (Å²) in [6, 6.07) is 9.48. The lowest BCUT2D eigenvalue weighted by atomic mass is 10.2. The highest BCUT2D eigenvalue weighted by atomic mass is 19.1. The van der Waals surface area contributed by atoms with E-state index in [9.17, 15) is 9.18 Å². The minimum atomic E-state index is -0.386. The first-order chi connectivity index (χ1) is 11.2. The molecule has 0 saturated heterocycles. The topological polar surface area (TPSA) is 66.2 Å². The molecule has 7 heteroatoms. The largest absolute Gasteiger partial charge is 0.486 e. The summed E-state index contributed by atoms with van der Waals surface area (Å²) in [4.78, 5) is 12.6. The number of hydrogen-bond donors (Lipinski definition) is 0. The van der Waals surface area contributed by atoms with Crippen LogP contribution in [0.15, 0.2) is 41.2 Å². The summed E-state index contributed by atoms with van der Waals surface area (Å²) in [5, 5.41) is 8.28. The molecule has 3 aromatic rings. The lowest BCUT2D eigenvalue weighted by Crippen LogP contribution is -2.25. The highest BCUT2D eigenvalue weighted by molar-refractivity contribution is 5.81. The van der Waals surface area contributed by atoms with Crippen molar-refractivity contribution in [3.05, 3.63) is 58.1 Å². The van der Waals surface area contributed by atoms with Crippen molar-refractivity contribution < 1.29 is 13.9 Å². The van der Waals surface area contributed by atoms with Crippen LogP contribution in [0.2, 0.25) is 0 Å². The van der Waals surface area contributed by atoms with Crippen LogP contribution in [0, 0.1) is 5.82 Å². The van der Waals surface area contributed by atoms with Gasteiger partial charge in [0, 0.05) is 11.6 Å². The quantitative estimate of drug-likeness (QED) is 0.721. The van der Waals surface area contributed by atoms with Crippen molar-refractivity contribution in [1.82, 2.24) is 15.0 Å². The van der Waals surface area contributed by atoms with Crippen molar-refractivity contribution in [1.29, 1.82) is 0 Å². The molecule has 0 radical (unpaired) electrons. The Labute approximate surface area is 130 Å². The van der Waals surface area contributed by atoms with E-state index in [1.54, 1.807) is 30.3 Å². The minimum Gasteiger partial charge on any atom is -0.486 e. The molecule has 1 aliphatic heterocycles. The van der Waals surface area contributed by atoms with Gasteiger partial charge in [-0.15, -0.1) is 5.10 Å². The van der Waals surface area contributed by atoms with Gasteiger partial charge in [-0.25, -0.2) is 9.07 Å². The van der Waals surface area contributed by atoms with E-state index in [0.717, 1.165) is 4.68 Å². The Hall–Kier alpha value is -2.96. The number of hydrogen-bond acceptors (Lipinski definition) is 5. The molecule has 1 aliphatic rings. The normalized spacial score (nSPS) is 13.3. The molecular weight excluding hydrogens is 301 g/mol. The third kappa shape index (κ3) is 2.40. The Balaban J connectivity index is 1.81. The van der Waals surface area contributed by atoms with Gasteiger partial charge in [0.25, 0.3) is 5.56 Å². The zero-order chi connectivity index (χ0) is 15.8. The second-order valence-corrected chi connectivity index (χ2v) is 5.16. The predicted octanol–water partition coefficient (Wildman–Crippen LogP) is 1.75. The fourth-order valence-corrected chi connectivity index (χ4v) is 2.51. The summed E-state index contributed by atoms with van der Waals surface area (Å²) in [6.45, 7) is 0.902. The van der Waals surface area contributed by atoms with Crippen molar-refractivity contribution in [2.75, 3.05) is 13.2 Å². The molecule has 4 rings (SSSR count). The van der Waals surface area contributed by atoms with Gasteiger partial charge in [0.2, 0.25) is 0 Å². The van der Waals surface area contributed by atoms with E-state index in [-0.39, 0.29) is 17.9 Å². The SMILES string of the molecule is O=c1c2cc3c(cc2nnn1Cc1ccccc1F)OCCO3. The number of rotatable bonds is 2. The first-order valence-electron chi connectivity index (χ1n) is 7.13. The summed E-state index contributed by atoms with van der Waals surface area (Å²) < 4.78 is 25.8. The van der Waals surface area contributed by atoms with Gasteiger partial charge in [0.1, 0.15) is 24.5 Å². The first-order valence-corrected chi connectivity index (χ1v) is 7.13. The van der Waals surface area contributed by atoms with Crippen molar-refractivity contribution in [2.45, 2.75) is 6.54 Å². The second-order valence-electron chi connectivity index (χ2n) is 5.16. The molecule has 1 aromatic heterocycles. The molecule has 0 unspecified atom stereocenters. The first kappa shape index (κ1) is 13.7. The second kappa shape index (κ2) is 5.35. The van der Waals surface area contributed by atoms with Gasteiger partial charge in [0.15, 0.2) is 11.5 Å². The number of halogens is 1. The smallest absolute Gasteiger partial charge is 0.278 e. The molecule has 6 nitrogen and oxygen atoms in total. The minimum absolute atomic E-state index is 0.0168. The summed E-state index contributed by atoms with van der Waals surface area (Å²) in [5.41, 5.74) is 0.444. The highest BCUT2D eigenvalue weighted by Gasteiger charge is 2.16. The zero-order valence-electron chi connectivity index (χ0n) is 12.0. The lowest BCUT2D eigenvalue weighted by Gasteiger charge is -2.18. The summed E-state index contributed by atoms with van der Waals surface area (Å²) in [6.07, 6.45) is 0. The van der Waals surface area contributed by atoms with Crippen LogP contribution in [-0.2, 0) is 6.54 Å². The molecular formula is C16H12FN3O3. The van der Waals surface area contributed by atoms with Crippen LogP contribution >= 0.6 is 0 Å². The van der Waals surface area contributed by atoms with Gasteiger partial charge >= 0.3 is 0 Å². The van der Waals surface area contributed by atoms with Crippen LogP contribution in [0.4, 0.5) is 4.39 Å². The lowest BCUT2D eigenvalue weighted by molar-refractivity contribution is 0.172. The molecule has 2 aromatic carbocycles. The third-order valence-electron chi connectivity index (χ3n) is 3.66. The molecule has 0 aliphatic carbocycles. The Morgan fingerprint density at radius 2 is 1.87 bits per heavy atom. The Bertz CT molecular complexity index is 955. The average molecular weight is 313 g/mol. The van der Waals surface area contributed by atoms with E-state index in [1.807, 2.05) is 0 Å². The number of nitrogens with zero attached hydrogens (tertiary/aromatic N) is 3. The molecule has 23 heavy (non-hydrogen) atoms. The van der Waals surface area contributed by atoms with Crippen LogP contribution in [0.3, 0.4) is 0 Å². The Morgan fingerprint density at radius 3 is 2.65 bits per heavy atom. The monoisotopic (exact) mass is 313 g/mol. The maximum Gasteiger partial charge on any atom is 0.278 e. The number of ether oxygens (including phenoxy) is 2. The average Bonchev–Trinajstić information content (AvgIpc) is 2.58. The summed E-state index contributed by atoms with van der Waals surface area (Å²) in [5.74, 6) is 0.666. The van der Waals surface area contributed by atoms with E-state index in [0.29, 0.717) is 41.2 Å². The molecule has 116 valence electrons. The van der Waals surface area contributed by atoms with Gasteiger partial charge in [-0.1, -0.05) is 23.4 Å². The van der Waals surface area contributed by atoms with Gasteiger partial charge in [-0.2, -0.15) is 0 Å². The van der Waals surface area contributed by atoms with Crippen LogP contribution in [0.25, 0.3) is 10.9 Å². The molecule has 0 fully saturated rings. The number of aromatic nitrogens is 3. The van der Waals surface area contributed by atoms with Crippen LogP contribution in [0.5, 0.6) is 11.5 Å². The van der Waals surface area contributed by atoms with Gasteiger partial charge in [0.05, 0.1) is 11.9 Å². The maximum absolute atomic E-state index is 13.7. The Morgan fingerprint density at radius 1 is 1.13 bits per heavy atom. The molecule has 0 atom stereocenters. The number of fused-ring (bicyclic) bond motifs is 2.